The molecule has 0 radical (unpaired) electrons. The lowest BCUT2D eigenvalue weighted by molar-refractivity contribution is 0.669. The van der Waals surface area contributed by atoms with Gasteiger partial charge in [0.2, 0.25) is 0 Å². The molecule has 0 fully saturated rings. The zero-order valence-electron chi connectivity index (χ0n) is 34.9. The van der Waals surface area contributed by atoms with Gasteiger partial charge in [0.1, 0.15) is 22.3 Å². The van der Waals surface area contributed by atoms with Gasteiger partial charge in [-0.3, -0.25) is 0 Å². The van der Waals surface area contributed by atoms with E-state index < -0.39 is 0 Å². The van der Waals surface area contributed by atoms with Crippen molar-refractivity contribution in [2.75, 3.05) is 4.90 Å². The minimum atomic E-state index is 0.835. The molecule has 65 heavy (non-hydrogen) atoms. The van der Waals surface area contributed by atoms with Gasteiger partial charge in [-0.25, -0.2) is 0 Å². The molecule has 0 aliphatic rings. The van der Waals surface area contributed by atoms with Crippen molar-refractivity contribution in [2.24, 2.45) is 0 Å². The Hall–Kier alpha value is -8.38. The van der Waals surface area contributed by atoms with Crippen LogP contribution in [0.3, 0.4) is 0 Å². The van der Waals surface area contributed by atoms with Crippen molar-refractivity contribution in [1.29, 1.82) is 0 Å². The third-order valence-electron chi connectivity index (χ3n) is 13.2. The highest BCUT2D eigenvalue weighted by molar-refractivity contribution is 7.25. The van der Waals surface area contributed by atoms with Gasteiger partial charge in [0.25, 0.3) is 0 Å². The van der Waals surface area contributed by atoms with Crippen molar-refractivity contribution < 1.29 is 8.83 Å². The van der Waals surface area contributed by atoms with Gasteiger partial charge in [0.15, 0.2) is 0 Å². The molecule has 0 unspecified atom stereocenters. The molecular weight excluding hydrogens is 813 g/mol. The van der Waals surface area contributed by atoms with E-state index in [9.17, 15) is 0 Å². The van der Waals surface area contributed by atoms with Gasteiger partial charge in [0, 0.05) is 81.2 Å². The number of furan rings is 2. The zero-order valence-corrected chi connectivity index (χ0v) is 35.7. The van der Waals surface area contributed by atoms with Gasteiger partial charge < -0.3 is 18.3 Å². The van der Waals surface area contributed by atoms with Gasteiger partial charge in [-0.2, -0.15) is 0 Å². The van der Waals surface area contributed by atoms with E-state index in [1.807, 2.05) is 29.5 Å². The summed E-state index contributed by atoms with van der Waals surface area (Å²) in [6.45, 7) is 0. The normalized spacial score (nSPS) is 12.0. The second kappa shape index (κ2) is 14.1. The first-order chi connectivity index (χ1) is 32.2. The third kappa shape index (κ3) is 5.56. The van der Waals surface area contributed by atoms with Crippen LogP contribution in [0.5, 0.6) is 0 Å². The smallest absolute Gasteiger partial charge is 0.145 e. The SMILES string of the molecule is c1cc(-c2c(N(c3ccc(-c4ccc5sc6ccccc6c5c4)cc3)c3ccc4c(c3)oc3ccccc34)ccc3c2oc2ccccc23)cc(-n2c3ccccc3c3ccccc32)c1. The molecule has 4 aromatic heterocycles. The Morgan fingerprint density at radius 1 is 0.354 bits per heavy atom. The second-order valence-electron chi connectivity index (χ2n) is 16.8. The van der Waals surface area contributed by atoms with E-state index in [2.05, 4.69) is 210 Å². The molecule has 14 rings (SSSR count). The highest BCUT2D eigenvalue weighted by atomic mass is 32.1. The Morgan fingerprint density at radius 2 is 0.954 bits per heavy atom. The first-order valence-electron chi connectivity index (χ1n) is 22.0. The van der Waals surface area contributed by atoms with Crippen LogP contribution in [0.15, 0.2) is 227 Å². The average molecular weight is 849 g/mol. The van der Waals surface area contributed by atoms with Crippen LogP contribution in [-0.4, -0.2) is 4.57 Å². The van der Waals surface area contributed by atoms with Crippen LogP contribution in [-0.2, 0) is 0 Å². The number of benzene rings is 10. The van der Waals surface area contributed by atoms with Crippen molar-refractivity contribution in [3.05, 3.63) is 218 Å². The maximum Gasteiger partial charge on any atom is 0.145 e. The summed E-state index contributed by atoms with van der Waals surface area (Å²) in [4.78, 5) is 2.36. The van der Waals surface area contributed by atoms with Crippen LogP contribution in [0.4, 0.5) is 17.1 Å². The van der Waals surface area contributed by atoms with Gasteiger partial charge in [-0.1, -0.05) is 121 Å². The maximum absolute atomic E-state index is 6.97. The summed E-state index contributed by atoms with van der Waals surface area (Å²) < 4.78 is 18.5. The fourth-order valence-corrected chi connectivity index (χ4v) is 11.3. The molecule has 0 amide bonds. The van der Waals surface area contributed by atoms with Crippen molar-refractivity contribution in [2.45, 2.75) is 0 Å². The molecule has 0 bridgehead atoms. The van der Waals surface area contributed by atoms with Crippen LogP contribution in [0, 0.1) is 0 Å². The lowest BCUT2D eigenvalue weighted by Gasteiger charge is -2.28. The Kier molecular flexibility index (Phi) is 7.82. The molecule has 5 heteroatoms. The molecule has 0 aliphatic carbocycles. The number of rotatable bonds is 6. The molecule has 0 saturated heterocycles. The molecule has 0 atom stereocenters. The van der Waals surface area contributed by atoms with Crippen molar-refractivity contribution in [3.63, 3.8) is 0 Å². The standard InChI is InChI=1S/C60H36N2O2S/c1-6-19-51-43(14-1)44-15-2-7-20-52(44)62(51)41-13-11-12-39(34-41)59-53(32-31-49-46-17-4-9-22-55(46)64-60(49)59)61(42-29-30-47-45-16-3-8-21-54(45)63-56(47)36-42)40-27-24-37(25-28-40)38-26-33-58-50(35-38)48-18-5-10-23-57(48)65-58/h1-36H. The predicted octanol–water partition coefficient (Wildman–Crippen LogP) is 17.8. The number of hydrogen-bond donors (Lipinski definition) is 0. The summed E-state index contributed by atoms with van der Waals surface area (Å²) >= 11 is 1.85. The Bertz CT molecular complexity index is 4150. The molecule has 304 valence electrons. The first-order valence-corrected chi connectivity index (χ1v) is 22.8. The number of para-hydroxylation sites is 4. The van der Waals surface area contributed by atoms with Crippen molar-refractivity contribution in [1.82, 2.24) is 4.57 Å². The van der Waals surface area contributed by atoms with Crippen LogP contribution in [0.1, 0.15) is 0 Å². The molecular formula is C60H36N2O2S. The van der Waals surface area contributed by atoms with E-state index in [1.54, 1.807) is 0 Å². The first kappa shape index (κ1) is 36.1. The van der Waals surface area contributed by atoms with E-state index >= 15 is 0 Å². The van der Waals surface area contributed by atoms with Gasteiger partial charge in [-0.15, -0.1) is 11.3 Å². The van der Waals surface area contributed by atoms with E-state index in [0.29, 0.717) is 0 Å². The van der Waals surface area contributed by atoms with Crippen molar-refractivity contribution >= 4 is 114 Å². The summed E-state index contributed by atoms with van der Waals surface area (Å²) in [6.07, 6.45) is 0. The number of thiophene rings is 1. The summed E-state index contributed by atoms with van der Waals surface area (Å²) in [6, 6.07) is 78.5. The Balaban J connectivity index is 1.00. The summed E-state index contributed by atoms with van der Waals surface area (Å²) in [5.74, 6) is 0. The average Bonchev–Trinajstić information content (AvgIpc) is 4.13. The molecule has 4 heterocycles. The summed E-state index contributed by atoms with van der Waals surface area (Å²) in [5.41, 5.74) is 14.2. The van der Waals surface area contributed by atoms with E-state index in [-0.39, 0.29) is 0 Å². The predicted molar refractivity (Wildman–Crippen MR) is 274 cm³/mol. The van der Waals surface area contributed by atoms with Crippen LogP contribution in [0.2, 0.25) is 0 Å². The largest absolute Gasteiger partial charge is 0.456 e. The lowest BCUT2D eigenvalue weighted by Crippen LogP contribution is -2.11. The third-order valence-corrected chi connectivity index (χ3v) is 14.3. The minimum Gasteiger partial charge on any atom is -0.456 e. The molecule has 14 aromatic rings. The summed E-state index contributed by atoms with van der Waals surface area (Å²) in [7, 11) is 0. The topological polar surface area (TPSA) is 34.5 Å². The number of hydrogen-bond acceptors (Lipinski definition) is 4. The molecule has 10 aromatic carbocycles. The lowest BCUT2D eigenvalue weighted by atomic mass is 9.97. The zero-order chi connectivity index (χ0) is 42.6. The Labute approximate surface area is 377 Å². The highest BCUT2D eigenvalue weighted by Crippen LogP contribution is 2.48. The molecule has 0 saturated carbocycles. The number of anilines is 3. The fourth-order valence-electron chi connectivity index (χ4n) is 10.2. The quantitative estimate of drug-likeness (QED) is 0.167. The summed E-state index contributed by atoms with van der Waals surface area (Å²) in [5, 5.41) is 9.40. The highest BCUT2D eigenvalue weighted by Gasteiger charge is 2.25. The van der Waals surface area contributed by atoms with Gasteiger partial charge >= 0.3 is 0 Å². The van der Waals surface area contributed by atoms with Gasteiger partial charge in [-0.05, 0) is 108 Å². The van der Waals surface area contributed by atoms with E-state index in [1.165, 1.54) is 47.5 Å². The van der Waals surface area contributed by atoms with Crippen molar-refractivity contribution in [3.8, 4) is 27.9 Å². The molecule has 0 aliphatic heterocycles. The van der Waals surface area contributed by atoms with E-state index in [4.69, 9.17) is 8.83 Å². The maximum atomic E-state index is 6.97. The van der Waals surface area contributed by atoms with Crippen LogP contribution in [0.25, 0.3) is 114 Å². The van der Waals surface area contributed by atoms with Crippen LogP contribution >= 0.6 is 11.3 Å². The van der Waals surface area contributed by atoms with Crippen LogP contribution < -0.4 is 4.90 Å². The molecule has 4 nitrogen and oxygen atoms in total. The van der Waals surface area contributed by atoms with Gasteiger partial charge in [0.05, 0.1) is 16.7 Å². The van der Waals surface area contributed by atoms with E-state index in [0.717, 1.165) is 83.3 Å². The monoisotopic (exact) mass is 848 g/mol. The molecule has 0 N–H and O–H groups in total. The number of fused-ring (bicyclic) bond motifs is 12. The number of aromatic nitrogens is 1. The second-order valence-corrected chi connectivity index (χ2v) is 17.9. The Morgan fingerprint density at radius 3 is 1.74 bits per heavy atom. The fraction of sp³-hybridized carbons (Fsp3) is 0. The number of nitrogens with zero attached hydrogens (tertiary/aromatic N) is 2. The minimum absolute atomic E-state index is 0.835. The molecule has 0 spiro atoms.